The van der Waals surface area contributed by atoms with E-state index in [0.717, 1.165) is 31.2 Å². The number of nitrogens with two attached hydrogens (primary N) is 1. The van der Waals surface area contributed by atoms with Crippen molar-refractivity contribution >= 4 is 17.4 Å². The highest BCUT2D eigenvalue weighted by Gasteiger charge is 2.36. The van der Waals surface area contributed by atoms with Gasteiger partial charge in [-0.25, -0.2) is 0 Å². The van der Waals surface area contributed by atoms with E-state index in [1.54, 1.807) is 0 Å². The van der Waals surface area contributed by atoms with Gasteiger partial charge in [-0.1, -0.05) is 36.6 Å². The minimum absolute atomic E-state index is 0.160. The lowest BCUT2D eigenvalue weighted by Gasteiger charge is -2.21. The molecule has 0 heterocycles. The van der Waals surface area contributed by atoms with Crippen LogP contribution < -0.4 is 5.73 Å². The molecule has 86 valence electrons. The minimum atomic E-state index is -0.570. The molecule has 0 aromatic heterocycles. The van der Waals surface area contributed by atoms with E-state index in [0.29, 0.717) is 11.4 Å². The van der Waals surface area contributed by atoms with Gasteiger partial charge in [0.25, 0.3) is 0 Å². The maximum atomic E-state index is 12.1. The molecule has 1 aromatic carbocycles. The van der Waals surface area contributed by atoms with E-state index < -0.39 is 5.54 Å². The summed E-state index contributed by atoms with van der Waals surface area (Å²) >= 11 is 5.79. The fourth-order valence-corrected chi connectivity index (χ4v) is 2.37. The van der Waals surface area contributed by atoms with E-state index in [1.165, 1.54) is 0 Å². The molecule has 0 aliphatic heterocycles. The molecule has 2 nitrogen and oxygen atoms in total. The van der Waals surface area contributed by atoms with Gasteiger partial charge in [-0.05, 0) is 30.5 Å². The number of halogens is 1. The second kappa shape index (κ2) is 4.56. The van der Waals surface area contributed by atoms with Crippen molar-refractivity contribution in [3.63, 3.8) is 0 Å². The largest absolute Gasteiger partial charge is 0.319 e. The van der Waals surface area contributed by atoms with E-state index in [1.807, 2.05) is 24.3 Å². The Kier molecular flexibility index (Phi) is 3.31. The summed E-state index contributed by atoms with van der Waals surface area (Å²) in [5, 5.41) is 0.694. The number of benzene rings is 1. The van der Waals surface area contributed by atoms with Crippen molar-refractivity contribution in [1.82, 2.24) is 0 Å². The van der Waals surface area contributed by atoms with Crippen LogP contribution in [0.1, 0.15) is 31.2 Å². The summed E-state index contributed by atoms with van der Waals surface area (Å²) in [6.45, 7) is 0. The minimum Gasteiger partial charge on any atom is -0.319 e. The Morgan fingerprint density at radius 2 is 1.81 bits per heavy atom. The Bertz CT molecular complexity index is 379. The van der Waals surface area contributed by atoms with Crippen LogP contribution in [0.2, 0.25) is 5.02 Å². The Morgan fingerprint density at radius 1 is 1.25 bits per heavy atom. The van der Waals surface area contributed by atoms with Gasteiger partial charge in [-0.2, -0.15) is 0 Å². The molecule has 1 saturated carbocycles. The molecule has 2 N–H and O–H groups in total. The molecule has 1 fully saturated rings. The normalized spacial score (nSPS) is 18.6. The number of Topliss-reactive ketones (excluding diaryl/α,β-unsaturated/α-hetero) is 1. The van der Waals surface area contributed by atoms with Crippen LogP contribution in [0.5, 0.6) is 0 Å². The van der Waals surface area contributed by atoms with Crippen molar-refractivity contribution in [2.24, 2.45) is 5.73 Å². The Balaban J connectivity index is 2.04. The third-order valence-electron chi connectivity index (χ3n) is 3.33. The van der Waals surface area contributed by atoms with Crippen molar-refractivity contribution in [2.75, 3.05) is 0 Å². The van der Waals surface area contributed by atoms with Gasteiger partial charge in [-0.15, -0.1) is 0 Å². The zero-order valence-electron chi connectivity index (χ0n) is 9.21. The first kappa shape index (κ1) is 11.6. The van der Waals surface area contributed by atoms with Gasteiger partial charge in [-0.3, -0.25) is 4.79 Å². The topological polar surface area (TPSA) is 43.1 Å². The number of carbonyl (C=O) groups excluding carboxylic acids is 1. The average Bonchev–Trinajstić information content (AvgIpc) is 2.70. The summed E-state index contributed by atoms with van der Waals surface area (Å²) in [5.74, 6) is 0.160. The van der Waals surface area contributed by atoms with E-state index >= 15 is 0 Å². The van der Waals surface area contributed by atoms with Crippen LogP contribution in [-0.4, -0.2) is 11.3 Å². The van der Waals surface area contributed by atoms with E-state index in [4.69, 9.17) is 17.3 Å². The Hall–Kier alpha value is -0.860. The third-order valence-corrected chi connectivity index (χ3v) is 3.58. The molecule has 1 aliphatic rings. The van der Waals surface area contributed by atoms with Crippen molar-refractivity contribution in [3.05, 3.63) is 34.9 Å². The predicted molar refractivity (Wildman–Crippen MR) is 65.5 cm³/mol. The smallest absolute Gasteiger partial charge is 0.156 e. The van der Waals surface area contributed by atoms with E-state index in [2.05, 4.69) is 0 Å². The quantitative estimate of drug-likeness (QED) is 0.879. The second-order valence-corrected chi connectivity index (χ2v) is 5.03. The monoisotopic (exact) mass is 237 g/mol. The molecule has 0 amide bonds. The van der Waals surface area contributed by atoms with Crippen LogP contribution in [0.25, 0.3) is 0 Å². The van der Waals surface area contributed by atoms with Crippen molar-refractivity contribution in [3.8, 4) is 0 Å². The highest BCUT2D eigenvalue weighted by molar-refractivity contribution is 6.30. The first-order valence-electron chi connectivity index (χ1n) is 5.67. The molecular formula is C13H16ClNO. The first-order valence-corrected chi connectivity index (χ1v) is 6.05. The Labute approximate surface area is 101 Å². The molecule has 0 radical (unpaired) electrons. The average molecular weight is 238 g/mol. The number of ketones is 1. The lowest BCUT2D eigenvalue weighted by molar-refractivity contribution is -0.123. The molecule has 0 spiro atoms. The molecule has 3 heteroatoms. The number of hydrogen-bond donors (Lipinski definition) is 1. The van der Waals surface area contributed by atoms with Crippen molar-refractivity contribution in [2.45, 2.75) is 37.6 Å². The van der Waals surface area contributed by atoms with Crippen LogP contribution in [0.15, 0.2) is 24.3 Å². The zero-order chi connectivity index (χ0) is 11.6. The fourth-order valence-electron chi connectivity index (χ4n) is 2.25. The lowest BCUT2D eigenvalue weighted by atomic mass is 9.89. The molecule has 2 rings (SSSR count). The van der Waals surface area contributed by atoms with Gasteiger partial charge in [0, 0.05) is 11.4 Å². The molecule has 0 bridgehead atoms. The van der Waals surface area contributed by atoms with Crippen LogP contribution in [-0.2, 0) is 11.2 Å². The van der Waals surface area contributed by atoms with Crippen LogP contribution >= 0.6 is 11.6 Å². The summed E-state index contributed by atoms with van der Waals surface area (Å²) < 4.78 is 0. The summed E-state index contributed by atoms with van der Waals surface area (Å²) in [4.78, 5) is 12.1. The summed E-state index contributed by atoms with van der Waals surface area (Å²) in [5.41, 5.74) is 6.53. The van der Waals surface area contributed by atoms with Crippen LogP contribution in [0.3, 0.4) is 0 Å². The fraction of sp³-hybridized carbons (Fsp3) is 0.462. The molecule has 1 aromatic rings. The SMILES string of the molecule is NC1(C(=O)Cc2ccc(Cl)cc2)CCCC1. The standard InChI is InChI=1S/C13H16ClNO/c14-11-5-3-10(4-6-11)9-12(16)13(15)7-1-2-8-13/h3-6H,1-2,7-9,15H2. The van der Waals surface area contributed by atoms with E-state index in [-0.39, 0.29) is 5.78 Å². The van der Waals surface area contributed by atoms with Crippen molar-refractivity contribution in [1.29, 1.82) is 0 Å². The highest BCUT2D eigenvalue weighted by atomic mass is 35.5. The van der Waals surface area contributed by atoms with Gasteiger partial charge in [0.05, 0.1) is 5.54 Å². The van der Waals surface area contributed by atoms with Gasteiger partial charge in [0.1, 0.15) is 0 Å². The Morgan fingerprint density at radius 3 is 2.38 bits per heavy atom. The molecule has 0 unspecified atom stereocenters. The van der Waals surface area contributed by atoms with Gasteiger partial charge >= 0.3 is 0 Å². The lowest BCUT2D eigenvalue weighted by Crippen LogP contribution is -2.46. The predicted octanol–water partition coefficient (Wildman–Crippen LogP) is 2.72. The second-order valence-electron chi connectivity index (χ2n) is 4.59. The highest BCUT2D eigenvalue weighted by Crippen LogP contribution is 2.29. The summed E-state index contributed by atoms with van der Waals surface area (Å²) in [6, 6.07) is 7.39. The third kappa shape index (κ3) is 2.45. The molecule has 0 saturated heterocycles. The van der Waals surface area contributed by atoms with Crippen molar-refractivity contribution < 1.29 is 4.79 Å². The molecule has 16 heavy (non-hydrogen) atoms. The van der Waals surface area contributed by atoms with Gasteiger partial charge in [0.15, 0.2) is 5.78 Å². The number of rotatable bonds is 3. The molecule has 1 aliphatic carbocycles. The maximum absolute atomic E-state index is 12.1. The number of hydrogen-bond acceptors (Lipinski definition) is 2. The van der Waals surface area contributed by atoms with Crippen LogP contribution in [0, 0.1) is 0 Å². The molecule has 0 atom stereocenters. The van der Waals surface area contributed by atoms with E-state index in [9.17, 15) is 4.79 Å². The number of carbonyl (C=O) groups is 1. The first-order chi connectivity index (χ1) is 7.60. The van der Waals surface area contributed by atoms with Crippen LogP contribution in [0.4, 0.5) is 0 Å². The summed E-state index contributed by atoms with van der Waals surface area (Å²) in [7, 11) is 0. The zero-order valence-corrected chi connectivity index (χ0v) is 9.96. The van der Waals surface area contributed by atoms with Gasteiger partial charge < -0.3 is 5.73 Å². The van der Waals surface area contributed by atoms with Gasteiger partial charge in [0.2, 0.25) is 0 Å². The maximum Gasteiger partial charge on any atom is 0.156 e. The summed E-state index contributed by atoms with van der Waals surface area (Å²) in [6.07, 6.45) is 4.23. The molecular weight excluding hydrogens is 222 g/mol.